The molecule has 3 nitrogen and oxygen atoms in total. The SMILES string of the molecule is O=S1(=O)NCC2CCC=CC21. The molecule has 0 saturated carbocycles. The van der Waals surface area contributed by atoms with Crippen molar-refractivity contribution in [3.05, 3.63) is 12.2 Å². The van der Waals surface area contributed by atoms with Gasteiger partial charge in [0, 0.05) is 6.54 Å². The summed E-state index contributed by atoms with van der Waals surface area (Å²) in [6.07, 6.45) is 5.82. The molecule has 2 atom stereocenters. The highest BCUT2D eigenvalue weighted by molar-refractivity contribution is 7.90. The summed E-state index contributed by atoms with van der Waals surface area (Å²) in [4.78, 5) is 0. The van der Waals surface area contributed by atoms with Crippen LogP contribution < -0.4 is 4.72 Å². The molecule has 4 heteroatoms. The lowest BCUT2D eigenvalue weighted by molar-refractivity contribution is 0.509. The van der Waals surface area contributed by atoms with Crippen LogP contribution in [-0.4, -0.2) is 20.2 Å². The molecule has 2 aliphatic rings. The maximum Gasteiger partial charge on any atom is 0.218 e. The molecule has 0 aromatic carbocycles. The predicted octanol–water partition coefficient (Wildman–Crippen LogP) is 0.254. The van der Waals surface area contributed by atoms with E-state index in [1.807, 2.05) is 12.2 Å². The molecule has 1 N–H and O–H groups in total. The number of sulfonamides is 1. The minimum atomic E-state index is -2.98. The van der Waals surface area contributed by atoms with Gasteiger partial charge in [0.15, 0.2) is 0 Å². The number of hydrogen-bond acceptors (Lipinski definition) is 2. The third-order valence-corrected chi connectivity index (χ3v) is 4.23. The summed E-state index contributed by atoms with van der Waals surface area (Å²) in [5.41, 5.74) is 0. The van der Waals surface area contributed by atoms with Crippen molar-refractivity contribution in [2.24, 2.45) is 5.92 Å². The van der Waals surface area contributed by atoms with E-state index in [0.717, 1.165) is 12.8 Å². The summed E-state index contributed by atoms with van der Waals surface area (Å²) in [6, 6.07) is 0. The molecular weight excluding hydrogens is 162 g/mol. The van der Waals surface area contributed by atoms with Gasteiger partial charge < -0.3 is 0 Å². The van der Waals surface area contributed by atoms with Crippen molar-refractivity contribution in [1.82, 2.24) is 4.72 Å². The van der Waals surface area contributed by atoms with Crippen LogP contribution in [0.2, 0.25) is 0 Å². The van der Waals surface area contributed by atoms with E-state index in [0.29, 0.717) is 12.5 Å². The normalized spacial score (nSPS) is 40.4. The zero-order valence-corrected chi connectivity index (χ0v) is 6.97. The van der Waals surface area contributed by atoms with Gasteiger partial charge in [-0.25, -0.2) is 13.1 Å². The molecule has 1 aliphatic carbocycles. The Morgan fingerprint density at radius 2 is 2.27 bits per heavy atom. The van der Waals surface area contributed by atoms with E-state index in [4.69, 9.17) is 0 Å². The fourth-order valence-electron chi connectivity index (χ4n) is 1.76. The van der Waals surface area contributed by atoms with E-state index < -0.39 is 10.0 Å². The second kappa shape index (κ2) is 2.32. The lowest BCUT2D eigenvalue weighted by Crippen LogP contribution is -2.24. The van der Waals surface area contributed by atoms with Gasteiger partial charge in [0.2, 0.25) is 10.0 Å². The smallest absolute Gasteiger partial charge is 0.214 e. The highest BCUT2D eigenvalue weighted by Gasteiger charge is 2.38. The van der Waals surface area contributed by atoms with Crippen LogP contribution in [0.4, 0.5) is 0 Å². The van der Waals surface area contributed by atoms with Gasteiger partial charge in [0.25, 0.3) is 0 Å². The molecule has 62 valence electrons. The Labute approximate surface area is 66.5 Å². The number of allylic oxidation sites excluding steroid dienone is 1. The molecule has 1 fully saturated rings. The molecule has 1 heterocycles. The lowest BCUT2D eigenvalue weighted by Gasteiger charge is -2.16. The Kier molecular flexibility index (Phi) is 1.54. The van der Waals surface area contributed by atoms with E-state index in [9.17, 15) is 8.42 Å². The summed E-state index contributed by atoms with van der Waals surface area (Å²) in [5, 5.41) is -0.240. The lowest BCUT2D eigenvalue weighted by atomic mass is 9.94. The summed E-state index contributed by atoms with van der Waals surface area (Å²) in [6.45, 7) is 0.636. The standard InChI is InChI=1S/C7H11NO2S/c9-11(10)7-4-2-1-3-6(7)5-8-11/h2,4,6-8H,1,3,5H2. The van der Waals surface area contributed by atoms with Crippen molar-refractivity contribution in [3.63, 3.8) is 0 Å². The Morgan fingerprint density at radius 1 is 1.45 bits per heavy atom. The Morgan fingerprint density at radius 3 is 3.00 bits per heavy atom. The van der Waals surface area contributed by atoms with Crippen molar-refractivity contribution in [2.45, 2.75) is 18.1 Å². The fourth-order valence-corrected chi connectivity index (χ4v) is 3.45. The van der Waals surface area contributed by atoms with E-state index in [1.165, 1.54) is 0 Å². The first-order valence-electron chi connectivity index (χ1n) is 3.85. The Hall–Kier alpha value is -0.350. The van der Waals surface area contributed by atoms with E-state index in [1.54, 1.807) is 0 Å². The molecule has 1 aliphatic heterocycles. The zero-order chi connectivity index (χ0) is 7.90. The highest BCUT2D eigenvalue weighted by Crippen LogP contribution is 2.28. The van der Waals surface area contributed by atoms with Crippen LogP contribution in [0.5, 0.6) is 0 Å². The summed E-state index contributed by atoms with van der Waals surface area (Å²) < 4.78 is 25.0. The number of rotatable bonds is 0. The maximum atomic E-state index is 11.2. The van der Waals surface area contributed by atoms with Gasteiger partial charge >= 0.3 is 0 Å². The first-order valence-corrected chi connectivity index (χ1v) is 5.40. The minimum absolute atomic E-state index is 0.240. The van der Waals surface area contributed by atoms with Crippen molar-refractivity contribution in [1.29, 1.82) is 0 Å². The highest BCUT2D eigenvalue weighted by atomic mass is 32.2. The molecule has 0 amide bonds. The second-order valence-electron chi connectivity index (χ2n) is 3.12. The summed E-state index contributed by atoms with van der Waals surface area (Å²) in [5.74, 6) is 0.324. The summed E-state index contributed by atoms with van der Waals surface area (Å²) >= 11 is 0. The van der Waals surface area contributed by atoms with Gasteiger partial charge in [-0.05, 0) is 18.8 Å². The number of nitrogens with one attached hydrogen (secondary N) is 1. The van der Waals surface area contributed by atoms with E-state index >= 15 is 0 Å². The average Bonchev–Trinajstić information content (AvgIpc) is 2.29. The van der Waals surface area contributed by atoms with Gasteiger partial charge in [-0.2, -0.15) is 0 Å². The third-order valence-electron chi connectivity index (χ3n) is 2.40. The first-order chi connectivity index (χ1) is 5.20. The molecule has 2 rings (SSSR count). The molecule has 11 heavy (non-hydrogen) atoms. The van der Waals surface area contributed by atoms with Crippen LogP contribution in [-0.2, 0) is 10.0 Å². The van der Waals surface area contributed by atoms with Crippen molar-refractivity contribution in [2.75, 3.05) is 6.54 Å². The molecule has 0 bridgehead atoms. The predicted molar refractivity (Wildman–Crippen MR) is 42.6 cm³/mol. The zero-order valence-electron chi connectivity index (χ0n) is 6.16. The average molecular weight is 173 g/mol. The van der Waals surface area contributed by atoms with Crippen LogP contribution in [0.1, 0.15) is 12.8 Å². The third kappa shape index (κ3) is 1.10. The molecular formula is C7H11NO2S. The Balaban J connectivity index is 2.36. The fraction of sp³-hybridized carbons (Fsp3) is 0.714. The summed E-state index contributed by atoms with van der Waals surface area (Å²) in [7, 11) is -2.98. The van der Waals surface area contributed by atoms with Crippen molar-refractivity contribution >= 4 is 10.0 Å². The maximum absolute atomic E-state index is 11.2. The van der Waals surface area contributed by atoms with Crippen LogP contribution in [0, 0.1) is 5.92 Å². The molecule has 0 spiro atoms. The second-order valence-corrected chi connectivity index (χ2v) is 5.05. The van der Waals surface area contributed by atoms with E-state index in [-0.39, 0.29) is 5.25 Å². The van der Waals surface area contributed by atoms with Crippen LogP contribution >= 0.6 is 0 Å². The number of fused-ring (bicyclic) bond motifs is 1. The molecule has 0 radical (unpaired) electrons. The molecule has 1 saturated heterocycles. The Bertz CT molecular complexity index is 281. The van der Waals surface area contributed by atoms with Gasteiger partial charge in [-0.1, -0.05) is 12.2 Å². The van der Waals surface area contributed by atoms with Crippen LogP contribution in [0.25, 0.3) is 0 Å². The molecule has 0 aromatic rings. The van der Waals surface area contributed by atoms with Gasteiger partial charge in [-0.15, -0.1) is 0 Å². The van der Waals surface area contributed by atoms with Gasteiger partial charge in [-0.3, -0.25) is 0 Å². The monoisotopic (exact) mass is 173 g/mol. The van der Waals surface area contributed by atoms with E-state index in [2.05, 4.69) is 4.72 Å². The van der Waals surface area contributed by atoms with Crippen molar-refractivity contribution in [3.8, 4) is 0 Å². The van der Waals surface area contributed by atoms with Gasteiger partial charge in [0.05, 0.1) is 5.25 Å². The molecule has 0 aromatic heterocycles. The quantitative estimate of drug-likeness (QED) is 0.534. The van der Waals surface area contributed by atoms with Gasteiger partial charge in [0.1, 0.15) is 0 Å². The number of hydrogen-bond donors (Lipinski definition) is 1. The topological polar surface area (TPSA) is 46.2 Å². The minimum Gasteiger partial charge on any atom is -0.214 e. The van der Waals surface area contributed by atoms with Crippen molar-refractivity contribution < 1.29 is 8.42 Å². The van der Waals surface area contributed by atoms with Crippen LogP contribution in [0.15, 0.2) is 12.2 Å². The largest absolute Gasteiger partial charge is 0.218 e. The first kappa shape index (κ1) is 7.31. The van der Waals surface area contributed by atoms with Crippen LogP contribution in [0.3, 0.4) is 0 Å². The molecule has 2 unspecified atom stereocenters.